The first-order valence-electron chi connectivity index (χ1n) is 7.15. The molecule has 1 aromatic rings. The topological polar surface area (TPSA) is 67.1 Å². The first kappa shape index (κ1) is 15.1. The quantitative estimate of drug-likeness (QED) is 0.822. The fourth-order valence-electron chi connectivity index (χ4n) is 2.66. The second-order valence-electron chi connectivity index (χ2n) is 5.37. The van der Waals surface area contributed by atoms with E-state index in [2.05, 4.69) is 27.3 Å². The van der Waals surface area contributed by atoms with Crippen molar-refractivity contribution < 1.29 is 0 Å². The van der Waals surface area contributed by atoms with Crippen LogP contribution in [0.5, 0.6) is 0 Å². The van der Waals surface area contributed by atoms with Gasteiger partial charge < -0.3 is 16.0 Å². The number of nitrogens with one attached hydrogen (secondary N) is 1. The average Bonchev–Trinajstić information content (AvgIpc) is 2.43. The van der Waals surface area contributed by atoms with Crippen molar-refractivity contribution >= 4 is 23.0 Å². The van der Waals surface area contributed by atoms with Crippen LogP contribution < -0.4 is 11.1 Å². The number of likely N-dealkylation sites (N-methyl/N-ethyl adjacent to an activating group) is 1. The summed E-state index contributed by atoms with van der Waals surface area (Å²) < 4.78 is 0. The SMILES string of the molecule is CCN1CCCC(Nc2nnc(C)c(C)c2C(N)=S)C1. The summed E-state index contributed by atoms with van der Waals surface area (Å²) in [4.78, 5) is 2.82. The van der Waals surface area contributed by atoms with Gasteiger partial charge in [0.2, 0.25) is 0 Å². The van der Waals surface area contributed by atoms with Crippen LogP contribution in [0.4, 0.5) is 5.82 Å². The zero-order chi connectivity index (χ0) is 14.7. The third kappa shape index (κ3) is 3.24. The first-order chi connectivity index (χ1) is 9.52. The fourth-order valence-corrected chi connectivity index (χ4v) is 2.91. The van der Waals surface area contributed by atoms with E-state index in [1.807, 2.05) is 13.8 Å². The van der Waals surface area contributed by atoms with E-state index in [1.165, 1.54) is 13.0 Å². The molecule has 5 nitrogen and oxygen atoms in total. The molecule has 1 saturated heterocycles. The Balaban J connectivity index is 2.21. The maximum Gasteiger partial charge on any atom is 0.159 e. The number of anilines is 1. The Morgan fingerprint density at radius 3 is 2.85 bits per heavy atom. The highest BCUT2D eigenvalue weighted by Crippen LogP contribution is 2.21. The van der Waals surface area contributed by atoms with E-state index < -0.39 is 0 Å². The van der Waals surface area contributed by atoms with Crippen molar-refractivity contribution in [3.8, 4) is 0 Å². The van der Waals surface area contributed by atoms with Crippen molar-refractivity contribution in [3.05, 3.63) is 16.8 Å². The number of nitrogens with zero attached hydrogens (tertiary/aromatic N) is 3. The number of thiocarbonyl (C=S) groups is 1. The predicted octanol–water partition coefficient (Wildman–Crippen LogP) is 1.62. The smallest absolute Gasteiger partial charge is 0.159 e. The summed E-state index contributed by atoms with van der Waals surface area (Å²) in [6, 6.07) is 0.383. The Hall–Kier alpha value is -1.27. The molecule has 1 aromatic heterocycles. The minimum absolute atomic E-state index is 0.381. The Bertz CT molecular complexity index is 503. The van der Waals surface area contributed by atoms with Crippen LogP contribution >= 0.6 is 12.2 Å². The molecule has 0 aliphatic carbocycles. The van der Waals surface area contributed by atoms with Gasteiger partial charge >= 0.3 is 0 Å². The molecule has 0 amide bonds. The summed E-state index contributed by atoms with van der Waals surface area (Å²) in [5, 5.41) is 11.9. The Labute approximate surface area is 125 Å². The lowest BCUT2D eigenvalue weighted by molar-refractivity contribution is 0.226. The van der Waals surface area contributed by atoms with Gasteiger partial charge in [-0.2, -0.15) is 5.10 Å². The van der Waals surface area contributed by atoms with Crippen LogP contribution in [-0.4, -0.2) is 45.8 Å². The molecule has 1 fully saturated rings. The predicted molar refractivity (Wildman–Crippen MR) is 86.2 cm³/mol. The number of hydrogen-bond acceptors (Lipinski definition) is 5. The van der Waals surface area contributed by atoms with E-state index in [9.17, 15) is 0 Å². The standard InChI is InChI=1S/C14H23N5S/c1-4-19-7-5-6-11(8-19)16-14-12(13(15)20)9(2)10(3)17-18-14/h11H,4-8H2,1-3H3,(H2,15,20)(H,16,18). The van der Waals surface area contributed by atoms with Gasteiger partial charge in [0.25, 0.3) is 0 Å². The molecular formula is C14H23N5S. The third-order valence-electron chi connectivity index (χ3n) is 3.99. The van der Waals surface area contributed by atoms with Gasteiger partial charge in [0.1, 0.15) is 4.99 Å². The molecule has 1 atom stereocenters. The summed E-state index contributed by atoms with van der Waals surface area (Å²) in [5.41, 5.74) is 8.58. The maximum absolute atomic E-state index is 5.86. The maximum atomic E-state index is 5.86. The summed E-state index contributed by atoms with van der Waals surface area (Å²) in [6.45, 7) is 9.39. The van der Waals surface area contributed by atoms with E-state index in [0.29, 0.717) is 11.0 Å². The van der Waals surface area contributed by atoms with E-state index >= 15 is 0 Å². The number of piperidine rings is 1. The Kier molecular flexibility index (Phi) is 4.88. The average molecular weight is 293 g/mol. The molecule has 1 aliphatic rings. The molecule has 2 heterocycles. The number of likely N-dealkylation sites (tertiary alicyclic amines) is 1. The van der Waals surface area contributed by atoms with Crippen LogP contribution in [0.25, 0.3) is 0 Å². The van der Waals surface area contributed by atoms with Crippen molar-refractivity contribution in [1.29, 1.82) is 0 Å². The number of nitrogens with two attached hydrogens (primary N) is 1. The molecule has 110 valence electrons. The van der Waals surface area contributed by atoms with Gasteiger partial charge in [-0.1, -0.05) is 19.1 Å². The van der Waals surface area contributed by atoms with Gasteiger partial charge in [-0.3, -0.25) is 0 Å². The zero-order valence-electron chi connectivity index (χ0n) is 12.4. The molecule has 0 aromatic carbocycles. The second kappa shape index (κ2) is 6.45. The highest BCUT2D eigenvalue weighted by atomic mass is 32.1. The number of aryl methyl sites for hydroxylation is 1. The second-order valence-corrected chi connectivity index (χ2v) is 5.81. The number of aromatic nitrogens is 2. The zero-order valence-corrected chi connectivity index (χ0v) is 13.3. The lowest BCUT2D eigenvalue weighted by Crippen LogP contribution is -2.42. The molecule has 3 N–H and O–H groups in total. The van der Waals surface area contributed by atoms with Crippen LogP contribution in [-0.2, 0) is 0 Å². The summed E-state index contributed by atoms with van der Waals surface area (Å²) >= 11 is 5.17. The van der Waals surface area contributed by atoms with Gasteiger partial charge in [0.05, 0.1) is 11.3 Å². The van der Waals surface area contributed by atoms with Gasteiger partial charge in [-0.15, -0.1) is 5.10 Å². The van der Waals surface area contributed by atoms with Gasteiger partial charge in [-0.25, -0.2) is 0 Å². The highest BCUT2D eigenvalue weighted by molar-refractivity contribution is 7.80. The number of hydrogen-bond donors (Lipinski definition) is 2. The fraction of sp³-hybridized carbons (Fsp3) is 0.643. The highest BCUT2D eigenvalue weighted by Gasteiger charge is 2.21. The summed E-state index contributed by atoms with van der Waals surface area (Å²) in [5.74, 6) is 0.726. The summed E-state index contributed by atoms with van der Waals surface area (Å²) in [6.07, 6.45) is 2.34. The molecule has 20 heavy (non-hydrogen) atoms. The van der Waals surface area contributed by atoms with Crippen molar-refractivity contribution in [3.63, 3.8) is 0 Å². The lowest BCUT2D eigenvalue weighted by atomic mass is 10.0. The molecule has 6 heteroatoms. The molecule has 0 bridgehead atoms. The van der Waals surface area contributed by atoms with Crippen molar-refractivity contribution in [1.82, 2.24) is 15.1 Å². The Morgan fingerprint density at radius 1 is 1.45 bits per heavy atom. The van der Waals surface area contributed by atoms with Crippen LogP contribution in [0.15, 0.2) is 0 Å². The molecule has 1 aliphatic heterocycles. The molecule has 2 rings (SSSR count). The van der Waals surface area contributed by atoms with Crippen LogP contribution in [0.2, 0.25) is 0 Å². The van der Waals surface area contributed by atoms with Crippen LogP contribution in [0, 0.1) is 13.8 Å². The van der Waals surface area contributed by atoms with E-state index in [1.54, 1.807) is 0 Å². The Morgan fingerprint density at radius 2 is 2.20 bits per heavy atom. The van der Waals surface area contributed by atoms with Crippen LogP contribution in [0.3, 0.4) is 0 Å². The molecule has 1 unspecified atom stereocenters. The van der Waals surface area contributed by atoms with E-state index in [4.69, 9.17) is 18.0 Å². The van der Waals surface area contributed by atoms with Crippen LogP contribution in [0.1, 0.15) is 36.6 Å². The van der Waals surface area contributed by atoms with E-state index in [0.717, 1.165) is 42.1 Å². The number of rotatable bonds is 4. The van der Waals surface area contributed by atoms with Crippen molar-refractivity contribution in [2.45, 2.75) is 39.7 Å². The molecule has 0 saturated carbocycles. The minimum Gasteiger partial charge on any atom is -0.389 e. The summed E-state index contributed by atoms with van der Waals surface area (Å²) in [7, 11) is 0. The molecule has 0 radical (unpaired) electrons. The van der Waals surface area contributed by atoms with Crippen molar-refractivity contribution in [2.24, 2.45) is 5.73 Å². The normalized spacial score (nSPS) is 19.9. The third-order valence-corrected chi connectivity index (χ3v) is 4.20. The molecular weight excluding hydrogens is 270 g/mol. The van der Waals surface area contributed by atoms with Gasteiger partial charge in [0, 0.05) is 12.6 Å². The minimum atomic E-state index is 0.381. The van der Waals surface area contributed by atoms with Gasteiger partial charge in [-0.05, 0) is 45.3 Å². The lowest BCUT2D eigenvalue weighted by Gasteiger charge is -2.32. The van der Waals surface area contributed by atoms with E-state index in [-0.39, 0.29) is 0 Å². The monoisotopic (exact) mass is 293 g/mol. The van der Waals surface area contributed by atoms with Gasteiger partial charge in [0.15, 0.2) is 5.82 Å². The largest absolute Gasteiger partial charge is 0.389 e. The molecule has 0 spiro atoms. The first-order valence-corrected chi connectivity index (χ1v) is 7.56. The van der Waals surface area contributed by atoms with Crippen molar-refractivity contribution in [2.75, 3.05) is 25.0 Å².